The van der Waals surface area contributed by atoms with Crippen molar-refractivity contribution in [3.63, 3.8) is 0 Å². The number of carbonyl (C=O) groups is 2. The zero-order chi connectivity index (χ0) is 16.4. The van der Waals surface area contributed by atoms with Crippen LogP contribution in [0.25, 0.3) is 10.9 Å². The summed E-state index contributed by atoms with van der Waals surface area (Å²) >= 11 is 5.94. The molecule has 0 saturated heterocycles. The van der Waals surface area contributed by atoms with Crippen LogP contribution in [0.15, 0.2) is 48.7 Å². The standard InChI is InChI=1S/C17H13ClN2O3/c1-23-17(22)12-4-2-3-5-14(12)20-16(21)13-9-19-15-8-10(18)6-7-11(13)15/h2-9,19H,1H3,(H,20,21). The third kappa shape index (κ3) is 2.91. The van der Waals surface area contributed by atoms with Crippen LogP contribution in [0.1, 0.15) is 20.7 Å². The van der Waals surface area contributed by atoms with Gasteiger partial charge in [0, 0.05) is 22.1 Å². The summed E-state index contributed by atoms with van der Waals surface area (Å²) in [6.07, 6.45) is 1.61. The van der Waals surface area contributed by atoms with E-state index < -0.39 is 5.97 Å². The number of aromatic amines is 1. The molecule has 23 heavy (non-hydrogen) atoms. The lowest BCUT2D eigenvalue weighted by Crippen LogP contribution is -2.15. The van der Waals surface area contributed by atoms with Gasteiger partial charge in [-0.1, -0.05) is 29.8 Å². The summed E-state index contributed by atoms with van der Waals surface area (Å²) in [4.78, 5) is 27.3. The highest BCUT2D eigenvalue weighted by atomic mass is 35.5. The number of amides is 1. The molecule has 0 radical (unpaired) electrons. The zero-order valence-corrected chi connectivity index (χ0v) is 13.0. The number of H-pyrrole nitrogens is 1. The van der Waals surface area contributed by atoms with E-state index in [1.165, 1.54) is 7.11 Å². The number of carbonyl (C=O) groups excluding carboxylic acids is 2. The van der Waals surface area contributed by atoms with Gasteiger partial charge < -0.3 is 15.0 Å². The number of halogens is 1. The van der Waals surface area contributed by atoms with Crippen molar-refractivity contribution < 1.29 is 14.3 Å². The quantitative estimate of drug-likeness (QED) is 0.717. The Morgan fingerprint density at radius 3 is 2.70 bits per heavy atom. The number of anilines is 1. The lowest BCUT2D eigenvalue weighted by atomic mass is 10.1. The lowest BCUT2D eigenvalue weighted by Gasteiger charge is -2.09. The first kappa shape index (κ1) is 15.1. The maximum atomic E-state index is 12.5. The van der Waals surface area contributed by atoms with E-state index in [9.17, 15) is 9.59 Å². The molecule has 0 bridgehead atoms. The molecule has 0 unspecified atom stereocenters. The smallest absolute Gasteiger partial charge is 0.339 e. The van der Waals surface area contributed by atoms with Crippen LogP contribution < -0.4 is 5.32 Å². The van der Waals surface area contributed by atoms with Crippen molar-refractivity contribution in [3.05, 3.63) is 64.8 Å². The van der Waals surface area contributed by atoms with Crippen molar-refractivity contribution in [2.75, 3.05) is 12.4 Å². The van der Waals surface area contributed by atoms with Gasteiger partial charge >= 0.3 is 5.97 Å². The summed E-state index contributed by atoms with van der Waals surface area (Å²) in [6, 6.07) is 11.9. The van der Waals surface area contributed by atoms with E-state index >= 15 is 0 Å². The van der Waals surface area contributed by atoms with Gasteiger partial charge in [-0.2, -0.15) is 0 Å². The third-order valence-electron chi connectivity index (χ3n) is 3.47. The third-order valence-corrected chi connectivity index (χ3v) is 3.70. The summed E-state index contributed by atoms with van der Waals surface area (Å²) in [6.45, 7) is 0. The predicted molar refractivity (Wildman–Crippen MR) is 89.0 cm³/mol. The van der Waals surface area contributed by atoms with Crippen LogP contribution in [-0.2, 0) is 4.74 Å². The van der Waals surface area contributed by atoms with E-state index in [-0.39, 0.29) is 5.91 Å². The van der Waals surface area contributed by atoms with Crippen molar-refractivity contribution >= 4 is 40.1 Å². The SMILES string of the molecule is COC(=O)c1ccccc1NC(=O)c1c[nH]c2cc(Cl)ccc12. The van der Waals surface area contributed by atoms with E-state index in [0.717, 1.165) is 10.9 Å². The molecule has 0 aliphatic rings. The Bertz CT molecular complexity index is 902. The summed E-state index contributed by atoms with van der Waals surface area (Å²) in [7, 11) is 1.30. The van der Waals surface area contributed by atoms with Crippen LogP contribution in [0, 0.1) is 0 Å². The average Bonchev–Trinajstić information content (AvgIpc) is 2.97. The van der Waals surface area contributed by atoms with Crippen LogP contribution in [0.2, 0.25) is 5.02 Å². The summed E-state index contributed by atoms with van der Waals surface area (Å²) < 4.78 is 4.72. The molecule has 1 amide bonds. The molecule has 2 N–H and O–H groups in total. The fraction of sp³-hybridized carbons (Fsp3) is 0.0588. The fourth-order valence-corrected chi connectivity index (χ4v) is 2.53. The first-order valence-electron chi connectivity index (χ1n) is 6.85. The van der Waals surface area contributed by atoms with Gasteiger partial charge in [-0.15, -0.1) is 0 Å². The number of nitrogens with one attached hydrogen (secondary N) is 2. The largest absolute Gasteiger partial charge is 0.465 e. The average molecular weight is 329 g/mol. The van der Waals surface area contributed by atoms with Crippen molar-refractivity contribution in [2.24, 2.45) is 0 Å². The minimum atomic E-state index is -0.508. The Morgan fingerprint density at radius 1 is 1.13 bits per heavy atom. The summed E-state index contributed by atoms with van der Waals surface area (Å²) in [5.74, 6) is -0.832. The lowest BCUT2D eigenvalue weighted by molar-refractivity contribution is 0.0602. The monoisotopic (exact) mass is 328 g/mol. The Morgan fingerprint density at radius 2 is 1.91 bits per heavy atom. The molecular formula is C17H13ClN2O3. The van der Waals surface area contributed by atoms with Crippen LogP contribution in [0.3, 0.4) is 0 Å². The molecule has 1 heterocycles. The van der Waals surface area contributed by atoms with E-state index in [0.29, 0.717) is 21.8 Å². The second kappa shape index (κ2) is 6.14. The molecule has 2 aromatic carbocycles. The minimum absolute atomic E-state index is 0.297. The van der Waals surface area contributed by atoms with Crippen molar-refractivity contribution in [1.82, 2.24) is 4.98 Å². The molecule has 3 aromatic rings. The topological polar surface area (TPSA) is 71.2 Å². The maximum Gasteiger partial charge on any atom is 0.339 e. The number of esters is 1. The molecule has 0 atom stereocenters. The number of fused-ring (bicyclic) bond motifs is 1. The van der Waals surface area contributed by atoms with E-state index in [2.05, 4.69) is 10.3 Å². The van der Waals surface area contributed by atoms with Crippen LogP contribution >= 0.6 is 11.6 Å². The number of para-hydroxylation sites is 1. The fourth-order valence-electron chi connectivity index (χ4n) is 2.36. The van der Waals surface area contributed by atoms with Crippen molar-refractivity contribution in [1.29, 1.82) is 0 Å². The second-order valence-electron chi connectivity index (χ2n) is 4.88. The van der Waals surface area contributed by atoms with E-state index in [1.54, 1.807) is 48.7 Å². The molecular weight excluding hydrogens is 316 g/mol. The molecule has 6 heteroatoms. The minimum Gasteiger partial charge on any atom is -0.465 e. The highest BCUT2D eigenvalue weighted by molar-refractivity contribution is 6.31. The molecule has 1 aromatic heterocycles. The number of hydrogen-bond acceptors (Lipinski definition) is 3. The number of benzene rings is 2. The Balaban J connectivity index is 1.94. The first-order chi connectivity index (χ1) is 11.1. The van der Waals surface area contributed by atoms with Crippen molar-refractivity contribution in [2.45, 2.75) is 0 Å². The predicted octanol–water partition coefficient (Wildman–Crippen LogP) is 3.86. The number of ether oxygens (including phenoxy) is 1. The van der Waals surface area contributed by atoms with Crippen LogP contribution in [0.5, 0.6) is 0 Å². The van der Waals surface area contributed by atoms with Gasteiger partial charge in [0.05, 0.1) is 23.9 Å². The Labute approximate surface area is 137 Å². The van der Waals surface area contributed by atoms with Crippen LogP contribution in [0.4, 0.5) is 5.69 Å². The molecule has 3 rings (SSSR count). The van der Waals surface area contributed by atoms with E-state index in [4.69, 9.17) is 16.3 Å². The first-order valence-corrected chi connectivity index (χ1v) is 7.23. The van der Waals surface area contributed by atoms with Gasteiger partial charge in [-0.05, 0) is 24.3 Å². The highest BCUT2D eigenvalue weighted by Crippen LogP contribution is 2.24. The molecule has 5 nitrogen and oxygen atoms in total. The highest BCUT2D eigenvalue weighted by Gasteiger charge is 2.16. The number of methoxy groups -OCH3 is 1. The zero-order valence-electron chi connectivity index (χ0n) is 12.2. The summed E-state index contributed by atoms with van der Waals surface area (Å²) in [5, 5.41) is 4.08. The maximum absolute atomic E-state index is 12.5. The molecule has 0 fully saturated rings. The molecule has 0 saturated carbocycles. The van der Waals surface area contributed by atoms with Crippen LogP contribution in [-0.4, -0.2) is 24.0 Å². The van der Waals surface area contributed by atoms with Crippen molar-refractivity contribution in [3.8, 4) is 0 Å². The van der Waals surface area contributed by atoms with Gasteiger partial charge in [-0.3, -0.25) is 4.79 Å². The van der Waals surface area contributed by atoms with Gasteiger partial charge in [0.2, 0.25) is 0 Å². The Hall–Kier alpha value is -2.79. The van der Waals surface area contributed by atoms with Gasteiger partial charge in [0.25, 0.3) is 5.91 Å². The summed E-state index contributed by atoms with van der Waals surface area (Å²) in [5.41, 5.74) is 1.93. The second-order valence-corrected chi connectivity index (χ2v) is 5.32. The van der Waals surface area contributed by atoms with Gasteiger partial charge in [0.15, 0.2) is 0 Å². The number of aromatic nitrogens is 1. The molecule has 116 valence electrons. The van der Waals surface area contributed by atoms with Gasteiger partial charge in [0.1, 0.15) is 0 Å². The van der Waals surface area contributed by atoms with E-state index in [1.807, 2.05) is 0 Å². The normalized spacial score (nSPS) is 10.5. The Kier molecular flexibility index (Phi) is 4.04. The number of rotatable bonds is 3. The number of hydrogen-bond donors (Lipinski definition) is 2. The van der Waals surface area contributed by atoms with Gasteiger partial charge in [-0.25, -0.2) is 4.79 Å². The molecule has 0 aliphatic carbocycles. The molecule has 0 spiro atoms. The molecule has 0 aliphatic heterocycles.